The summed E-state index contributed by atoms with van der Waals surface area (Å²) in [6.07, 6.45) is 3.98. The summed E-state index contributed by atoms with van der Waals surface area (Å²) < 4.78 is 5.68. The van der Waals surface area contributed by atoms with Gasteiger partial charge in [-0.3, -0.25) is 4.90 Å². The summed E-state index contributed by atoms with van der Waals surface area (Å²) in [5.41, 5.74) is 1.74. The maximum Gasteiger partial charge on any atom is 0.0622 e. The van der Waals surface area contributed by atoms with Crippen LogP contribution in [0.2, 0.25) is 0 Å². The Hall–Kier alpha value is -0.900. The predicted octanol–water partition coefficient (Wildman–Crippen LogP) is 2.59. The lowest BCUT2D eigenvalue weighted by Crippen LogP contribution is -2.63. The molecule has 114 valence electrons. The van der Waals surface area contributed by atoms with E-state index in [4.69, 9.17) is 4.74 Å². The van der Waals surface area contributed by atoms with Crippen LogP contribution in [0.15, 0.2) is 30.3 Å². The Kier molecular flexibility index (Phi) is 3.52. The number of hydrogen-bond donors (Lipinski definition) is 1. The van der Waals surface area contributed by atoms with Gasteiger partial charge in [-0.05, 0) is 37.7 Å². The third-order valence-corrected chi connectivity index (χ3v) is 5.65. The van der Waals surface area contributed by atoms with Gasteiger partial charge in [0.05, 0.1) is 6.61 Å². The summed E-state index contributed by atoms with van der Waals surface area (Å²) in [5.74, 6) is 0.874. The van der Waals surface area contributed by atoms with Crippen molar-refractivity contribution in [2.24, 2.45) is 5.92 Å². The van der Waals surface area contributed by atoms with Gasteiger partial charge in [0.25, 0.3) is 0 Å². The van der Waals surface area contributed by atoms with Crippen LogP contribution in [0.1, 0.15) is 37.8 Å². The summed E-state index contributed by atoms with van der Waals surface area (Å²) in [6.45, 7) is 6.48. The van der Waals surface area contributed by atoms with Gasteiger partial charge in [0.2, 0.25) is 0 Å². The van der Waals surface area contributed by atoms with Gasteiger partial charge >= 0.3 is 0 Å². The van der Waals surface area contributed by atoms with Crippen molar-refractivity contribution in [3.05, 3.63) is 35.9 Å². The monoisotopic (exact) mass is 286 g/mol. The number of nitrogens with zero attached hydrogens (tertiary/aromatic N) is 1. The van der Waals surface area contributed by atoms with Crippen molar-refractivity contribution < 1.29 is 4.74 Å². The molecule has 3 nitrogen and oxygen atoms in total. The maximum atomic E-state index is 5.68. The zero-order valence-electron chi connectivity index (χ0n) is 12.9. The van der Waals surface area contributed by atoms with Crippen LogP contribution in [-0.2, 0) is 4.74 Å². The highest BCUT2D eigenvalue weighted by molar-refractivity contribution is 5.22. The van der Waals surface area contributed by atoms with Crippen LogP contribution >= 0.6 is 0 Å². The molecular weight excluding hydrogens is 260 g/mol. The Morgan fingerprint density at radius 1 is 1.19 bits per heavy atom. The molecule has 0 bridgehead atoms. The molecule has 1 N–H and O–H groups in total. The summed E-state index contributed by atoms with van der Waals surface area (Å²) in [7, 11) is 0. The summed E-state index contributed by atoms with van der Waals surface area (Å²) in [5, 5.41) is 3.88. The topological polar surface area (TPSA) is 24.5 Å². The zero-order valence-corrected chi connectivity index (χ0v) is 12.9. The summed E-state index contributed by atoms with van der Waals surface area (Å²) in [6, 6.07) is 12.1. The van der Waals surface area contributed by atoms with Crippen molar-refractivity contribution in [1.29, 1.82) is 0 Å². The number of benzene rings is 1. The van der Waals surface area contributed by atoms with Crippen LogP contribution in [0.4, 0.5) is 0 Å². The van der Waals surface area contributed by atoms with Gasteiger partial charge in [-0.2, -0.15) is 0 Å². The van der Waals surface area contributed by atoms with Gasteiger partial charge < -0.3 is 10.1 Å². The number of hydrogen-bond acceptors (Lipinski definition) is 3. The predicted molar refractivity (Wildman–Crippen MR) is 84.2 cm³/mol. The van der Waals surface area contributed by atoms with Crippen molar-refractivity contribution in [3.8, 4) is 0 Å². The lowest BCUT2D eigenvalue weighted by Gasteiger charge is -2.49. The van der Waals surface area contributed by atoms with Crippen LogP contribution in [0.25, 0.3) is 0 Å². The smallest absolute Gasteiger partial charge is 0.0622 e. The first-order valence-corrected chi connectivity index (χ1v) is 8.40. The lowest BCUT2D eigenvalue weighted by molar-refractivity contribution is 0.0321. The van der Waals surface area contributed by atoms with Crippen molar-refractivity contribution >= 4 is 0 Å². The lowest BCUT2D eigenvalue weighted by atomic mass is 9.88. The van der Waals surface area contributed by atoms with E-state index < -0.39 is 0 Å². The molecule has 21 heavy (non-hydrogen) atoms. The molecule has 2 aliphatic heterocycles. The molecule has 3 aliphatic rings. The second-order valence-electron chi connectivity index (χ2n) is 7.19. The second-order valence-corrected chi connectivity index (χ2v) is 7.19. The van der Waals surface area contributed by atoms with Crippen molar-refractivity contribution in [2.45, 2.75) is 43.8 Å². The van der Waals surface area contributed by atoms with E-state index >= 15 is 0 Å². The molecule has 3 heteroatoms. The van der Waals surface area contributed by atoms with Gasteiger partial charge in [-0.25, -0.2) is 0 Å². The van der Waals surface area contributed by atoms with Crippen LogP contribution in [0.5, 0.6) is 0 Å². The van der Waals surface area contributed by atoms with Crippen LogP contribution in [0.3, 0.4) is 0 Å². The third-order valence-electron chi connectivity index (χ3n) is 5.65. The second kappa shape index (κ2) is 5.38. The summed E-state index contributed by atoms with van der Waals surface area (Å²) in [4.78, 5) is 2.73. The van der Waals surface area contributed by atoms with E-state index in [2.05, 4.69) is 47.5 Å². The molecule has 0 aromatic heterocycles. The van der Waals surface area contributed by atoms with E-state index in [9.17, 15) is 0 Å². The highest BCUT2D eigenvalue weighted by Gasteiger charge is 2.47. The number of nitrogens with one attached hydrogen (secondary N) is 1. The van der Waals surface area contributed by atoms with E-state index in [1.165, 1.54) is 24.8 Å². The fourth-order valence-electron chi connectivity index (χ4n) is 4.14. The number of ether oxygens (including phenoxy) is 1. The van der Waals surface area contributed by atoms with E-state index in [0.717, 1.165) is 32.2 Å². The molecule has 3 atom stereocenters. The Labute approximate surface area is 127 Å². The normalized spacial score (nSPS) is 37.8. The third kappa shape index (κ3) is 2.63. The molecule has 3 unspecified atom stereocenters. The van der Waals surface area contributed by atoms with Gasteiger partial charge in [0.1, 0.15) is 0 Å². The quantitative estimate of drug-likeness (QED) is 0.924. The zero-order chi connectivity index (χ0) is 14.3. The number of rotatable bonds is 3. The molecule has 3 fully saturated rings. The molecule has 0 spiro atoms. The van der Waals surface area contributed by atoms with Crippen molar-refractivity contribution in [1.82, 2.24) is 10.2 Å². The minimum atomic E-state index is 0.299. The van der Waals surface area contributed by atoms with Crippen LogP contribution in [-0.4, -0.2) is 42.8 Å². The highest BCUT2D eigenvalue weighted by atomic mass is 16.5. The summed E-state index contributed by atoms with van der Waals surface area (Å²) >= 11 is 0. The number of piperazine rings is 1. The first-order valence-electron chi connectivity index (χ1n) is 8.40. The molecule has 0 amide bonds. The fraction of sp³-hybridized carbons (Fsp3) is 0.667. The van der Waals surface area contributed by atoms with Crippen LogP contribution in [0, 0.1) is 5.92 Å². The SMILES string of the molecule is CC1(C2CC2)CN(C2CCOC2)C(c2ccccc2)CN1. The molecule has 0 radical (unpaired) electrons. The average Bonchev–Trinajstić information content (AvgIpc) is 3.25. The fourth-order valence-corrected chi connectivity index (χ4v) is 4.14. The molecule has 4 rings (SSSR count). The minimum Gasteiger partial charge on any atom is -0.380 e. The Bertz CT molecular complexity index is 481. The van der Waals surface area contributed by atoms with Gasteiger partial charge in [0.15, 0.2) is 0 Å². The first kappa shape index (κ1) is 13.7. The Balaban J connectivity index is 1.60. The molecular formula is C18H26N2O. The van der Waals surface area contributed by atoms with Crippen LogP contribution < -0.4 is 5.32 Å². The van der Waals surface area contributed by atoms with E-state index in [1.807, 2.05) is 0 Å². The van der Waals surface area contributed by atoms with E-state index in [-0.39, 0.29) is 0 Å². The molecule has 1 aromatic rings. The van der Waals surface area contributed by atoms with E-state index in [1.54, 1.807) is 0 Å². The van der Waals surface area contributed by atoms with Gasteiger partial charge in [-0.15, -0.1) is 0 Å². The molecule has 2 saturated heterocycles. The van der Waals surface area contributed by atoms with Crippen molar-refractivity contribution in [3.63, 3.8) is 0 Å². The molecule has 1 aliphatic carbocycles. The minimum absolute atomic E-state index is 0.299. The van der Waals surface area contributed by atoms with E-state index in [0.29, 0.717) is 17.6 Å². The Morgan fingerprint density at radius 3 is 2.67 bits per heavy atom. The maximum absolute atomic E-state index is 5.68. The highest BCUT2D eigenvalue weighted by Crippen LogP contribution is 2.43. The van der Waals surface area contributed by atoms with Gasteiger partial charge in [0, 0.05) is 37.3 Å². The largest absolute Gasteiger partial charge is 0.380 e. The molecule has 1 saturated carbocycles. The Morgan fingerprint density at radius 2 is 2.00 bits per heavy atom. The average molecular weight is 286 g/mol. The molecule has 2 heterocycles. The molecule has 1 aromatic carbocycles. The first-order chi connectivity index (χ1) is 10.3. The van der Waals surface area contributed by atoms with Crippen molar-refractivity contribution in [2.75, 3.05) is 26.3 Å². The standard InChI is InChI=1S/C18H26N2O/c1-18(15-7-8-15)13-20(16-9-10-21-12-16)17(11-19-18)14-5-3-2-4-6-14/h2-6,15-17,19H,7-13H2,1H3. The van der Waals surface area contributed by atoms with Gasteiger partial charge in [-0.1, -0.05) is 30.3 Å².